The number of hydrogen-bond donors (Lipinski definition) is 2. The van der Waals surface area contributed by atoms with Gasteiger partial charge in [-0.25, -0.2) is 4.98 Å². The van der Waals surface area contributed by atoms with Crippen LogP contribution in [0.25, 0.3) is 0 Å². The Morgan fingerprint density at radius 1 is 1.33 bits per heavy atom. The third kappa shape index (κ3) is 5.79. The van der Waals surface area contributed by atoms with Gasteiger partial charge in [-0.2, -0.15) is 0 Å². The molecule has 0 aromatic carbocycles. The van der Waals surface area contributed by atoms with Gasteiger partial charge in [0, 0.05) is 39.1 Å². The number of hydrogen-bond acceptors (Lipinski definition) is 4. The highest BCUT2D eigenvalue weighted by Gasteiger charge is 1.98. The first-order valence-electron chi connectivity index (χ1n) is 5.76. The van der Waals surface area contributed by atoms with Gasteiger partial charge in [0.2, 0.25) is 5.88 Å². The third-order valence-corrected chi connectivity index (χ3v) is 2.56. The molecule has 0 aliphatic heterocycles. The smallest absolute Gasteiger partial charge is 0.212 e. The first kappa shape index (κ1) is 14.7. The first-order chi connectivity index (χ1) is 8.76. The zero-order chi connectivity index (χ0) is 13.2. The molecule has 0 aliphatic carbocycles. The normalized spacial score (nSPS) is 9.89. The van der Waals surface area contributed by atoms with E-state index in [0.29, 0.717) is 17.5 Å². The molecule has 2 N–H and O–H groups in total. The molecule has 0 aliphatic rings. The van der Waals surface area contributed by atoms with E-state index in [1.165, 1.54) is 0 Å². The van der Waals surface area contributed by atoms with Crippen LogP contribution in [0.1, 0.15) is 12.0 Å². The molecule has 1 rings (SSSR count). The lowest BCUT2D eigenvalue weighted by atomic mass is 10.3. The Bertz CT molecular complexity index is 357. The van der Waals surface area contributed by atoms with Crippen LogP contribution in [0.2, 0.25) is 0 Å². The van der Waals surface area contributed by atoms with Crippen LogP contribution in [0.3, 0.4) is 0 Å². The van der Waals surface area contributed by atoms with Gasteiger partial charge in [0.1, 0.15) is 0 Å². The number of methoxy groups -OCH3 is 2. The summed E-state index contributed by atoms with van der Waals surface area (Å²) in [7, 11) is 3.28. The van der Waals surface area contributed by atoms with E-state index in [4.69, 9.17) is 21.7 Å². The Hall–Kier alpha value is -1.40. The number of pyridine rings is 1. The second-order valence-corrected chi connectivity index (χ2v) is 4.07. The van der Waals surface area contributed by atoms with Crippen molar-refractivity contribution in [1.29, 1.82) is 0 Å². The van der Waals surface area contributed by atoms with Gasteiger partial charge in [-0.1, -0.05) is 6.07 Å². The molecule has 1 heterocycles. The Kier molecular flexibility index (Phi) is 7.05. The Labute approximate surface area is 113 Å². The largest absolute Gasteiger partial charge is 0.481 e. The molecule has 18 heavy (non-hydrogen) atoms. The minimum absolute atomic E-state index is 0.610. The predicted octanol–water partition coefficient (Wildman–Crippen LogP) is 1.09. The van der Waals surface area contributed by atoms with Gasteiger partial charge in [0.25, 0.3) is 0 Å². The molecule has 6 heteroatoms. The highest BCUT2D eigenvalue weighted by Crippen LogP contribution is 2.05. The van der Waals surface area contributed by atoms with Crippen LogP contribution in [-0.4, -0.2) is 37.5 Å². The van der Waals surface area contributed by atoms with Crippen molar-refractivity contribution in [3.8, 4) is 5.88 Å². The van der Waals surface area contributed by atoms with Crippen molar-refractivity contribution in [2.24, 2.45) is 0 Å². The van der Waals surface area contributed by atoms with Crippen LogP contribution < -0.4 is 15.4 Å². The summed E-state index contributed by atoms with van der Waals surface area (Å²) in [6, 6.07) is 3.78. The molecule has 0 bridgehead atoms. The van der Waals surface area contributed by atoms with Gasteiger partial charge < -0.3 is 20.1 Å². The summed E-state index contributed by atoms with van der Waals surface area (Å²) in [6.07, 6.45) is 2.70. The predicted molar refractivity (Wildman–Crippen MR) is 74.7 cm³/mol. The molecular weight excluding hydrogens is 250 g/mol. The van der Waals surface area contributed by atoms with Gasteiger partial charge >= 0.3 is 0 Å². The van der Waals surface area contributed by atoms with Crippen molar-refractivity contribution in [2.75, 3.05) is 27.4 Å². The monoisotopic (exact) mass is 269 g/mol. The van der Waals surface area contributed by atoms with Crippen LogP contribution in [-0.2, 0) is 11.3 Å². The molecule has 100 valence electrons. The van der Waals surface area contributed by atoms with E-state index in [1.54, 1.807) is 20.4 Å². The molecule has 0 fully saturated rings. The summed E-state index contributed by atoms with van der Waals surface area (Å²) >= 11 is 5.14. The van der Waals surface area contributed by atoms with Crippen molar-refractivity contribution in [1.82, 2.24) is 15.6 Å². The maximum Gasteiger partial charge on any atom is 0.212 e. The van der Waals surface area contributed by atoms with E-state index in [1.807, 2.05) is 12.1 Å². The molecule has 5 nitrogen and oxygen atoms in total. The standard InChI is InChI=1S/C12H19N3O2S/c1-16-7-3-6-13-12(18)15-9-10-4-5-11(17-2)14-8-10/h4-5,8H,3,6-7,9H2,1-2H3,(H2,13,15,18). The van der Waals surface area contributed by atoms with E-state index in [0.717, 1.165) is 25.1 Å². The number of nitrogens with one attached hydrogen (secondary N) is 2. The van der Waals surface area contributed by atoms with Gasteiger partial charge in [-0.3, -0.25) is 0 Å². The van der Waals surface area contributed by atoms with E-state index in [-0.39, 0.29) is 0 Å². The molecule has 0 saturated carbocycles. The summed E-state index contributed by atoms with van der Waals surface area (Å²) in [5.41, 5.74) is 1.05. The van der Waals surface area contributed by atoms with Crippen molar-refractivity contribution in [2.45, 2.75) is 13.0 Å². The van der Waals surface area contributed by atoms with Crippen LogP contribution in [0.4, 0.5) is 0 Å². The van der Waals surface area contributed by atoms with Crippen LogP contribution >= 0.6 is 12.2 Å². The SMILES string of the molecule is COCCCNC(=S)NCc1ccc(OC)nc1. The molecule has 0 radical (unpaired) electrons. The highest BCUT2D eigenvalue weighted by atomic mass is 32.1. The second kappa shape index (κ2) is 8.66. The number of nitrogens with zero attached hydrogens (tertiary/aromatic N) is 1. The van der Waals surface area contributed by atoms with Crippen molar-refractivity contribution in [3.63, 3.8) is 0 Å². The molecule has 0 saturated heterocycles. The van der Waals surface area contributed by atoms with Crippen LogP contribution in [0.15, 0.2) is 18.3 Å². The van der Waals surface area contributed by atoms with E-state index in [2.05, 4.69) is 15.6 Å². The fraction of sp³-hybridized carbons (Fsp3) is 0.500. The minimum Gasteiger partial charge on any atom is -0.481 e. The zero-order valence-corrected chi connectivity index (χ0v) is 11.5. The summed E-state index contributed by atoms with van der Waals surface area (Å²) in [5.74, 6) is 0.610. The fourth-order valence-corrected chi connectivity index (χ4v) is 1.47. The van der Waals surface area contributed by atoms with Gasteiger partial charge in [0.05, 0.1) is 7.11 Å². The Morgan fingerprint density at radius 3 is 2.78 bits per heavy atom. The van der Waals surface area contributed by atoms with Gasteiger partial charge in [-0.05, 0) is 24.2 Å². The lowest BCUT2D eigenvalue weighted by molar-refractivity contribution is 0.195. The lowest BCUT2D eigenvalue weighted by Crippen LogP contribution is -2.35. The molecule has 0 atom stereocenters. The van der Waals surface area contributed by atoms with Crippen molar-refractivity contribution < 1.29 is 9.47 Å². The van der Waals surface area contributed by atoms with Crippen LogP contribution in [0.5, 0.6) is 5.88 Å². The first-order valence-corrected chi connectivity index (χ1v) is 6.16. The highest BCUT2D eigenvalue weighted by molar-refractivity contribution is 7.80. The number of ether oxygens (including phenoxy) is 2. The molecule has 1 aromatic rings. The molecule has 0 amide bonds. The summed E-state index contributed by atoms with van der Waals surface area (Å²) in [5, 5.41) is 6.86. The van der Waals surface area contributed by atoms with Gasteiger partial charge in [0.15, 0.2) is 5.11 Å². The topological polar surface area (TPSA) is 55.4 Å². The van der Waals surface area contributed by atoms with Gasteiger partial charge in [-0.15, -0.1) is 0 Å². The van der Waals surface area contributed by atoms with E-state index < -0.39 is 0 Å². The fourth-order valence-electron chi connectivity index (χ4n) is 1.30. The molecule has 1 aromatic heterocycles. The quantitative estimate of drug-likeness (QED) is 0.571. The third-order valence-electron chi connectivity index (χ3n) is 2.27. The summed E-state index contributed by atoms with van der Waals surface area (Å²) in [4.78, 5) is 4.12. The zero-order valence-electron chi connectivity index (χ0n) is 10.7. The number of thiocarbonyl (C=S) groups is 1. The average molecular weight is 269 g/mol. The van der Waals surface area contributed by atoms with Crippen molar-refractivity contribution in [3.05, 3.63) is 23.9 Å². The van der Waals surface area contributed by atoms with E-state index >= 15 is 0 Å². The lowest BCUT2D eigenvalue weighted by Gasteiger charge is -2.10. The summed E-state index contributed by atoms with van der Waals surface area (Å²) < 4.78 is 9.94. The van der Waals surface area contributed by atoms with Crippen LogP contribution in [0, 0.1) is 0 Å². The maximum absolute atomic E-state index is 5.14. The number of rotatable bonds is 7. The summed E-state index contributed by atoms with van der Waals surface area (Å²) in [6.45, 7) is 2.19. The maximum atomic E-state index is 5.14. The Balaban J connectivity index is 2.20. The van der Waals surface area contributed by atoms with Crippen molar-refractivity contribution >= 4 is 17.3 Å². The number of aromatic nitrogens is 1. The minimum atomic E-state index is 0.610. The average Bonchev–Trinajstić information content (AvgIpc) is 2.42. The molecule has 0 unspecified atom stereocenters. The molecule has 0 spiro atoms. The Morgan fingerprint density at radius 2 is 2.17 bits per heavy atom. The second-order valence-electron chi connectivity index (χ2n) is 3.66. The van der Waals surface area contributed by atoms with E-state index in [9.17, 15) is 0 Å². The molecular formula is C12H19N3O2S.